The second-order valence-corrected chi connectivity index (χ2v) is 11.1. The van der Waals surface area contributed by atoms with Crippen LogP contribution >= 0.6 is 11.3 Å². The minimum Gasteiger partial charge on any atom is -0.346 e. The van der Waals surface area contributed by atoms with Crippen molar-refractivity contribution in [1.82, 2.24) is 15.3 Å². The van der Waals surface area contributed by atoms with Gasteiger partial charge >= 0.3 is 0 Å². The molecule has 0 saturated carbocycles. The molecule has 3 aromatic rings. The summed E-state index contributed by atoms with van der Waals surface area (Å²) in [5, 5.41) is 11.3. The van der Waals surface area contributed by atoms with Crippen LogP contribution < -0.4 is 5.43 Å². The fraction of sp³-hybridized carbons (Fsp3) is 0.355. The average Bonchev–Trinajstić information content (AvgIpc) is 3.65. The molecule has 2 N–H and O–H groups in total. The number of carbonyl (C=O) groups excluding carboxylic acids is 3. The molecule has 0 radical (unpaired) electrons. The number of carbonyl (C=O) groups is 3. The highest BCUT2D eigenvalue weighted by molar-refractivity contribution is 7.10. The summed E-state index contributed by atoms with van der Waals surface area (Å²) in [5.41, 5.74) is 8.01. The lowest BCUT2D eigenvalue weighted by Crippen LogP contribution is -2.54. The van der Waals surface area contributed by atoms with Crippen LogP contribution in [0.25, 0.3) is 11.1 Å². The van der Waals surface area contributed by atoms with Gasteiger partial charge < -0.3 is 19.7 Å². The van der Waals surface area contributed by atoms with E-state index in [4.69, 9.17) is 14.9 Å². The Morgan fingerprint density at radius 1 is 1.10 bits per heavy atom. The van der Waals surface area contributed by atoms with Gasteiger partial charge in [-0.15, -0.1) is 11.3 Å². The summed E-state index contributed by atoms with van der Waals surface area (Å²) in [7, 11) is 1.84. The molecule has 1 saturated heterocycles. The second kappa shape index (κ2) is 14.4. The van der Waals surface area contributed by atoms with Crippen molar-refractivity contribution in [2.75, 3.05) is 33.4 Å². The van der Waals surface area contributed by atoms with E-state index in [-0.39, 0.29) is 25.4 Å². The molecular formula is C31H36N4O5S. The van der Waals surface area contributed by atoms with E-state index < -0.39 is 5.79 Å². The Kier molecular flexibility index (Phi) is 10.7. The van der Waals surface area contributed by atoms with E-state index in [1.165, 1.54) is 16.3 Å². The normalized spacial score (nSPS) is 14.2. The second-order valence-electron chi connectivity index (χ2n) is 10.1. The summed E-state index contributed by atoms with van der Waals surface area (Å²) in [5.74, 6) is -1.27. The van der Waals surface area contributed by atoms with Gasteiger partial charge in [-0.05, 0) is 42.8 Å². The van der Waals surface area contributed by atoms with E-state index in [0.717, 1.165) is 39.7 Å². The monoisotopic (exact) mass is 576 g/mol. The summed E-state index contributed by atoms with van der Waals surface area (Å²) >= 11 is 1.51. The molecule has 4 rings (SSSR count). The van der Waals surface area contributed by atoms with Crippen LogP contribution in [0, 0.1) is 5.41 Å². The van der Waals surface area contributed by atoms with Crippen molar-refractivity contribution in [1.29, 1.82) is 5.41 Å². The molecule has 1 aliphatic rings. The van der Waals surface area contributed by atoms with Gasteiger partial charge in [0.15, 0.2) is 5.79 Å². The van der Waals surface area contributed by atoms with E-state index in [2.05, 4.69) is 5.43 Å². The number of hydrazine groups is 1. The van der Waals surface area contributed by atoms with Gasteiger partial charge in [-0.3, -0.25) is 19.5 Å². The van der Waals surface area contributed by atoms with Crippen molar-refractivity contribution in [2.45, 2.75) is 38.6 Å². The third kappa shape index (κ3) is 8.25. The summed E-state index contributed by atoms with van der Waals surface area (Å²) in [6, 6.07) is 17.6. The van der Waals surface area contributed by atoms with E-state index in [9.17, 15) is 14.4 Å². The van der Waals surface area contributed by atoms with Gasteiger partial charge in [0, 0.05) is 53.0 Å². The summed E-state index contributed by atoms with van der Waals surface area (Å²) in [6.07, 6.45) is 2.25. The molecule has 0 unspecified atom stereocenters. The van der Waals surface area contributed by atoms with Gasteiger partial charge in [0.05, 0.1) is 26.3 Å². The molecule has 0 spiro atoms. The molecule has 0 bridgehead atoms. The van der Waals surface area contributed by atoms with Crippen molar-refractivity contribution in [2.24, 2.45) is 0 Å². The minimum atomic E-state index is -1.07. The summed E-state index contributed by atoms with van der Waals surface area (Å²) in [6.45, 7) is 3.47. The van der Waals surface area contributed by atoms with E-state index in [1.54, 1.807) is 6.92 Å². The quantitative estimate of drug-likeness (QED) is 0.158. The number of amides is 1. The SMILES string of the molecule is CC(=N)c1csc(CNN(CC2(CCC=O)OCCO2)C(=O)CN(C)Cc2cc(-c3ccccc3)ccc2C=O)c1. The first-order valence-corrected chi connectivity index (χ1v) is 14.4. The number of thiophene rings is 1. The highest BCUT2D eigenvalue weighted by Crippen LogP contribution is 2.27. The molecule has 1 aliphatic heterocycles. The number of likely N-dealkylation sites (N-methyl/N-ethyl adjacent to an activating group) is 1. The molecule has 0 atom stereocenters. The van der Waals surface area contributed by atoms with Crippen LogP contribution in [0.15, 0.2) is 60.0 Å². The van der Waals surface area contributed by atoms with Gasteiger partial charge in [0.2, 0.25) is 0 Å². The topological polar surface area (TPSA) is 112 Å². The van der Waals surface area contributed by atoms with E-state index in [1.807, 2.05) is 71.9 Å². The van der Waals surface area contributed by atoms with Crippen LogP contribution in [0.3, 0.4) is 0 Å². The van der Waals surface area contributed by atoms with Crippen molar-refractivity contribution in [3.63, 3.8) is 0 Å². The molecule has 9 nitrogen and oxygen atoms in total. The Hall–Kier alpha value is -3.54. The lowest BCUT2D eigenvalue weighted by Gasteiger charge is -2.34. The highest BCUT2D eigenvalue weighted by Gasteiger charge is 2.39. The molecule has 0 aliphatic carbocycles. The Labute approximate surface area is 244 Å². The van der Waals surface area contributed by atoms with Crippen LogP contribution in [0.4, 0.5) is 0 Å². The van der Waals surface area contributed by atoms with Crippen LogP contribution in [-0.2, 0) is 32.2 Å². The molecule has 216 valence electrons. The predicted molar refractivity (Wildman–Crippen MR) is 159 cm³/mol. The Morgan fingerprint density at radius 3 is 2.51 bits per heavy atom. The van der Waals surface area contributed by atoms with Crippen LogP contribution in [0.1, 0.15) is 46.1 Å². The average molecular weight is 577 g/mol. The number of hydrogen-bond donors (Lipinski definition) is 2. The molecule has 2 heterocycles. The zero-order valence-corrected chi connectivity index (χ0v) is 24.2. The predicted octanol–water partition coefficient (Wildman–Crippen LogP) is 4.30. The van der Waals surface area contributed by atoms with Crippen molar-refractivity contribution in [3.8, 4) is 11.1 Å². The molecular weight excluding hydrogens is 540 g/mol. The summed E-state index contributed by atoms with van der Waals surface area (Å²) in [4.78, 5) is 39.4. The zero-order valence-electron chi connectivity index (χ0n) is 23.4. The number of ether oxygens (including phenoxy) is 2. The van der Waals surface area contributed by atoms with Crippen LogP contribution in [0.2, 0.25) is 0 Å². The maximum absolute atomic E-state index is 13.7. The number of rotatable bonds is 15. The van der Waals surface area contributed by atoms with Crippen molar-refractivity contribution in [3.05, 3.63) is 81.5 Å². The largest absolute Gasteiger partial charge is 0.346 e. The Bertz CT molecular complexity index is 1350. The van der Waals surface area contributed by atoms with Crippen molar-refractivity contribution < 1.29 is 23.9 Å². The van der Waals surface area contributed by atoms with Gasteiger partial charge in [-0.25, -0.2) is 5.43 Å². The highest BCUT2D eigenvalue weighted by atomic mass is 32.1. The fourth-order valence-electron chi connectivity index (χ4n) is 4.74. The first-order chi connectivity index (χ1) is 19.8. The lowest BCUT2D eigenvalue weighted by molar-refractivity contribution is -0.186. The standard InChI is InChI=1S/C31H36N4O5S/c1-23(32)28-16-29(41-21-28)17-33-35(22-31(11-6-12-36)39-13-14-40-31)30(38)19-34(2)18-27-15-25(9-10-26(27)20-37)24-7-4-3-5-8-24/h3-5,7-10,12,15-16,20-21,32-33H,6,11,13-14,17-19,22H2,1-2H3. The Morgan fingerprint density at radius 2 is 1.85 bits per heavy atom. The molecule has 1 amide bonds. The number of nitrogens with one attached hydrogen (secondary N) is 2. The van der Waals surface area contributed by atoms with Gasteiger partial charge in [0.1, 0.15) is 12.6 Å². The number of aldehydes is 2. The van der Waals surface area contributed by atoms with Crippen LogP contribution in [-0.4, -0.2) is 73.2 Å². The number of benzene rings is 2. The lowest BCUT2D eigenvalue weighted by atomic mass is 9.99. The minimum absolute atomic E-state index is 0.0694. The third-order valence-electron chi connectivity index (χ3n) is 6.91. The maximum atomic E-state index is 13.7. The first kappa shape index (κ1) is 30.4. The smallest absolute Gasteiger partial charge is 0.251 e. The van der Waals surface area contributed by atoms with Gasteiger partial charge in [0.25, 0.3) is 5.91 Å². The zero-order chi connectivity index (χ0) is 29.2. The third-order valence-corrected chi connectivity index (χ3v) is 7.85. The van der Waals surface area contributed by atoms with Crippen LogP contribution in [0.5, 0.6) is 0 Å². The first-order valence-electron chi connectivity index (χ1n) is 13.5. The van der Waals surface area contributed by atoms with Crippen molar-refractivity contribution >= 4 is 35.5 Å². The van der Waals surface area contributed by atoms with Gasteiger partial charge in [-0.2, -0.15) is 0 Å². The number of hydrogen-bond acceptors (Lipinski definition) is 9. The molecule has 1 fully saturated rings. The molecule has 41 heavy (non-hydrogen) atoms. The molecule has 1 aromatic heterocycles. The maximum Gasteiger partial charge on any atom is 0.251 e. The molecule has 10 heteroatoms. The Balaban J connectivity index is 1.49. The van der Waals surface area contributed by atoms with Gasteiger partial charge in [-0.1, -0.05) is 42.5 Å². The van der Waals surface area contributed by atoms with E-state index in [0.29, 0.717) is 44.0 Å². The number of nitrogens with zero attached hydrogens (tertiary/aromatic N) is 2. The summed E-state index contributed by atoms with van der Waals surface area (Å²) < 4.78 is 11.8. The molecule has 2 aromatic carbocycles. The fourth-order valence-corrected chi connectivity index (χ4v) is 5.60. The van der Waals surface area contributed by atoms with E-state index >= 15 is 0 Å².